The van der Waals surface area contributed by atoms with E-state index in [2.05, 4.69) is 0 Å². The second-order valence-electron chi connectivity index (χ2n) is 5.19. The zero-order valence-electron chi connectivity index (χ0n) is 10.5. The Kier molecular flexibility index (Phi) is 4.39. The third-order valence-corrected chi connectivity index (χ3v) is 3.89. The summed E-state index contributed by atoms with van der Waals surface area (Å²) in [7, 11) is 0. The number of hydrogen-bond acceptors (Lipinski definition) is 3. The number of carboxylic acid groups (broad SMARTS) is 1. The Morgan fingerprint density at radius 2 is 1.61 bits per heavy atom. The summed E-state index contributed by atoms with van der Waals surface area (Å²) in [5.41, 5.74) is 0. The lowest BCUT2D eigenvalue weighted by Gasteiger charge is -2.27. The van der Waals surface area contributed by atoms with Crippen molar-refractivity contribution in [2.24, 2.45) is 11.8 Å². The topological polar surface area (TPSA) is 63.6 Å². The Hall–Kier alpha value is -1.32. The standard InChI is InChI=1S/C14H20O4/c15-13(16)11-8-4-5-9-12(11)14(17)18-10-6-2-1-3-7-10/h4-5,10-12H,1-3,6-9H2,(H,15,16). The minimum Gasteiger partial charge on any atom is -0.481 e. The number of ether oxygens (including phenoxy) is 1. The van der Waals surface area contributed by atoms with Crippen molar-refractivity contribution in [3.05, 3.63) is 12.2 Å². The van der Waals surface area contributed by atoms with Crippen molar-refractivity contribution in [3.8, 4) is 0 Å². The van der Waals surface area contributed by atoms with Gasteiger partial charge in [0.2, 0.25) is 0 Å². The van der Waals surface area contributed by atoms with Crippen LogP contribution in [0.2, 0.25) is 0 Å². The molecule has 4 nitrogen and oxygen atoms in total. The largest absolute Gasteiger partial charge is 0.481 e. The Bertz CT molecular complexity index is 342. The van der Waals surface area contributed by atoms with Crippen molar-refractivity contribution in [3.63, 3.8) is 0 Å². The van der Waals surface area contributed by atoms with Crippen molar-refractivity contribution in [1.29, 1.82) is 0 Å². The van der Waals surface area contributed by atoms with Crippen molar-refractivity contribution >= 4 is 11.9 Å². The Morgan fingerprint density at radius 1 is 1.00 bits per heavy atom. The summed E-state index contributed by atoms with van der Waals surface area (Å²) in [4.78, 5) is 23.2. The molecule has 0 aromatic rings. The van der Waals surface area contributed by atoms with Gasteiger partial charge < -0.3 is 9.84 Å². The molecule has 1 fully saturated rings. The number of allylic oxidation sites excluding steroid dienone is 2. The van der Waals surface area contributed by atoms with Crippen LogP contribution in [0.25, 0.3) is 0 Å². The first-order valence-electron chi connectivity index (χ1n) is 6.77. The van der Waals surface area contributed by atoms with Gasteiger partial charge in [0.15, 0.2) is 0 Å². The van der Waals surface area contributed by atoms with Crippen LogP contribution in [0.1, 0.15) is 44.9 Å². The number of rotatable bonds is 3. The van der Waals surface area contributed by atoms with Gasteiger partial charge in [0.1, 0.15) is 6.10 Å². The maximum absolute atomic E-state index is 12.1. The van der Waals surface area contributed by atoms with Crippen LogP contribution in [0.5, 0.6) is 0 Å². The summed E-state index contributed by atoms with van der Waals surface area (Å²) >= 11 is 0. The van der Waals surface area contributed by atoms with Crippen molar-refractivity contribution < 1.29 is 19.4 Å². The molecule has 2 unspecified atom stereocenters. The molecule has 18 heavy (non-hydrogen) atoms. The van der Waals surface area contributed by atoms with Crippen molar-refractivity contribution in [1.82, 2.24) is 0 Å². The molecule has 0 saturated heterocycles. The van der Waals surface area contributed by atoms with Crippen molar-refractivity contribution in [2.75, 3.05) is 0 Å². The maximum Gasteiger partial charge on any atom is 0.310 e. The van der Waals surface area contributed by atoms with Gasteiger partial charge >= 0.3 is 11.9 Å². The lowest BCUT2D eigenvalue weighted by Crippen LogP contribution is -2.34. The number of carbonyl (C=O) groups is 2. The van der Waals surface area contributed by atoms with E-state index in [1.165, 1.54) is 6.42 Å². The average molecular weight is 252 g/mol. The van der Waals surface area contributed by atoms with Gasteiger partial charge in [-0.3, -0.25) is 9.59 Å². The minimum atomic E-state index is -0.898. The average Bonchev–Trinajstić information content (AvgIpc) is 2.40. The zero-order valence-corrected chi connectivity index (χ0v) is 10.5. The first-order chi connectivity index (χ1) is 8.68. The molecule has 100 valence electrons. The summed E-state index contributed by atoms with van der Waals surface area (Å²) in [5, 5.41) is 9.12. The van der Waals surface area contributed by atoms with E-state index in [0.29, 0.717) is 12.8 Å². The molecule has 2 aliphatic carbocycles. The first kappa shape index (κ1) is 13.1. The number of aliphatic carboxylic acids is 1. The fourth-order valence-electron chi connectivity index (χ4n) is 2.78. The normalized spacial score (nSPS) is 28.9. The van der Waals surface area contributed by atoms with Gasteiger partial charge in [0.05, 0.1) is 11.8 Å². The quantitative estimate of drug-likeness (QED) is 0.619. The minimum absolute atomic E-state index is 0.00611. The van der Waals surface area contributed by atoms with Gasteiger partial charge in [-0.25, -0.2) is 0 Å². The second kappa shape index (κ2) is 6.03. The van der Waals surface area contributed by atoms with E-state index in [0.717, 1.165) is 25.7 Å². The fraction of sp³-hybridized carbons (Fsp3) is 0.714. The molecule has 2 atom stereocenters. The molecule has 0 aromatic carbocycles. The van der Waals surface area contributed by atoms with E-state index in [-0.39, 0.29) is 12.1 Å². The van der Waals surface area contributed by atoms with Crippen LogP contribution in [0.3, 0.4) is 0 Å². The summed E-state index contributed by atoms with van der Waals surface area (Å²) in [6.45, 7) is 0. The molecule has 0 radical (unpaired) electrons. The van der Waals surface area contributed by atoms with Crippen LogP contribution in [0, 0.1) is 11.8 Å². The molecule has 1 saturated carbocycles. The Morgan fingerprint density at radius 3 is 2.22 bits per heavy atom. The molecule has 0 aromatic heterocycles. The summed E-state index contributed by atoms with van der Waals surface area (Å²) in [6, 6.07) is 0. The fourth-order valence-corrected chi connectivity index (χ4v) is 2.78. The molecule has 0 aliphatic heterocycles. The number of carboxylic acids is 1. The molecule has 1 N–H and O–H groups in total. The van der Waals surface area contributed by atoms with Gasteiger partial charge in [-0.1, -0.05) is 18.6 Å². The third-order valence-electron chi connectivity index (χ3n) is 3.89. The molecule has 2 aliphatic rings. The van der Waals surface area contributed by atoms with Gasteiger partial charge in [-0.15, -0.1) is 0 Å². The molecule has 0 heterocycles. The molecule has 0 spiro atoms. The van der Waals surface area contributed by atoms with Crippen LogP contribution in [-0.4, -0.2) is 23.1 Å². The highest BCUT2D eigenvalue weighted by molar-refractivity contribution is 5.81. The van der Waals surface area contributed by atoms with E-state index in [1.807, 2.05) is 12.2 Å². The maximum atomic E-state index is 12.1. The first-order valence-corrected chi connectivity index (χ1v) is 6.77. The van der Waals surface area contributed by atoms with Crippen LogP contribution in [0.15, 0.2) is 12.2 Å². The second-order valence-corrected chi connectivity index (χ2v) is 5.19. The SMILES string of the molecule is O=C(O)C1CC=CCC1C(=O)OC1CCCCC1. The van der Waals surface area contributed by atoms with Crippen LogP contribution in [-0.2, 0) is 14.3 Å². The Balaban J connectivity index is 1.93. The van der Waals surface area contributed by atoms with Crippen molar-refractivity contribution in [2.45, 2.75) is 51.0 Å². The molecular formula is C14H20O4. The van der Waals surface area contributed by atoms with Crippen LogP contribution < -0.4 is 0 Å². The zero-order chi connectivity index (χ0) is 13.0. The highest BCUT2D eigenvalue weighted by atomic mass is 16.5. The van der Waals surface area contributed by atoms with E-state index < -0.39 is 17.8 Å². The van der Waals surface area contributed by atoms with Gasteiger partial charge in [0, 0.05) is 0 Å². The van der Waals surface area contributed by atoms with Gasteiger partial charge in [0.25, 0.3) is 0 Å². The Labute approximate surface area is 107 Å². The lowest BCUT2D eigenvalue weighted by atomic mass is 9.83. The number of hydrogen-bond donors (Lipinski definition) is 1. The predicted molar refractivity (Wildman–Crippen MR) is 66.0 cm³/mol. The van der Waals surface area contributed by atoms with Gasteiger partial charge in [-0.2, -0.15) is 0 Å². The van der Waals surface area contributed by atoms with E-state index in [4.69, 9.17) is 9.84 Å². The third kappa shape index (κ3) is 3.12. The summed E-state index contributed by atoms with van der Waals surface area (Å²) in [5.74, 6) is -2.34. The molecule has 0 bridgehead atoms. The summed E-state index contributed by atoms with van der Waals surface area (Å²) in [6.07, 6.45) is 9.90. The number of esters is 1. The number of carbonyl (C=O) groups excluding carboxylic acids is 1. The summed E-state index contributed by atoms with van der Waals surface area (Å²) < 4.78 is 5.48. The van der Waals surface area contributed by atoms with E-state index in [1.54, 1.807) is 0 Å². The smallest absolute Gasteiger partial charge is 0.310 e. The predicted octanol–water partition coefficient (Wildman–Crippen LogP) is 2.53. The highest BCUT2D eigenvalue weighted by Crippen LogP contribution is 2.29. The van der Waals surface area contributed by atoms with Crippen LogP contribution in [0.4, 0.5) is 0 Å². The molecular weight excluding hydrogens is 232 g/mol. The highest BCUT2D eigenvalue weighted by Gasteiger charge is 2.36. The van der Waals surface area contributed by atoms with E-state index >= 15 is 0 Å². The van der Waals surface area contributed by atoms with Crippen LogP contribution >= 0.6 is 0 Å². The molecule has 2 rings (SSSR count). The van der Waals surface area contributed by atoms with Gasteiger partial charge in [-0.05, 0) is 38.5 Å². The monoisotopic (exact) mass is 252 g/mol. The molecule has 4 heteroatoms. The lowest BCUT2D eigenvalue weighted by molar-refractivity contribution is -0.163. The van der Waals surface area contributed by atoms with E-state index in [9.17, 15) is 9.59 Å². The molecule has 0 amide bonds.